The Kier molecular flexibility index (Phi) is 2.44. The summed E-state index contributed by atoms with van der Waals surface area (Å²) < 4.78 is 24.5. The molecule has 1 aromatic rings. The predicted molar refractivity (Wildman–Crippen MR) is 45.2 cm³/mol. The standard InChI is InChI=1S/C7H10N2O2S/c1-6-3-4-7(5-9-6)12(10,11)8-2/h3-5,8H,1-2H3. The second-order valence-electron chi connectivity index (χ2n) is 2.34. The second-order valence-corrected chi connectivity index (χ2v) is 4.23. The summed E-state index contributed by atoms with van der Waals surface area (Å²) in [6.45, 7) is 1.80. The monoisotopic (exact) mass is 186 g/mol. The van der Waals surface area contributed by atoms with Crippen LogP contribution in [0.25, 0.3) is 0 Å². The Morgan fingerprint density at radius 1 is 1.42 bits per heavy atom. The maximum absolute atomic E-state index is 11.2. The molecule has 5 heteroatoms. The van der Waals surface area contributed by atoms with Crippen LogP contribution in [0.2, 0.25) is 0 Å². The van der Waals surface area contributed by atoms with Crippen LogP contribution in [0.5, 0.6) is 0 Å². The fourth-order valence-electron chi connectivity index (χ4n) is 0.731. The van der Waals surface area contributed by atoms with Gasteiger partial charge in [0, 0.05) is 11.9 Å². The van der Waals surface area contributed by atoms with Gasteiger partial charge in [0.15, 0.2) is 0 Å². The summed E-state index contributed by atoms with van der Waals surface area (Å²) in [4.78, 5) is 4.06. The molecule has 0 saturated carbocycles. The molecule has 1 N–H and O–H groups in total. The Hall–Kier alpha value is -0.940. The molecule has 66 valence electrons. The number of aromatic nitrogens is 1. The molecule has 12 heavy (non-hydrogen) atoms. The van der Waals surface area contributed by atoms with Crippen LogP contribution in [0.15, 0.2) is 23.2 Å². The number of hydrogen-bond donors (Lipinski definition) is 1. The third-order valence-electron chi connectivity index (χ3n) is 1.46. The van der Waals surface area contributed by atoms with Gasteiger partial charge in [-0.05, 0) is 26.1 Å². The van der Waals surface area contributed by atoms with E-state index >= 15 is 0 Å². The van der Waals surface area contributed by atoms with Gasteiger partial charge in [-0.15, -0.1) is 0 Å². The third kappa shape index (κ3) is 1.80. The first-order valence-electron chi connectivity index (χ1n) is 3.42. The molecule has 0 unspecified atom stereocenters. The zero-order valence-electron chi connectivity index (χ0n) is 6.90. The molecular formula is C7H10N2O2S. The van der Waals surface area contributed by atoms with E-state index in [2.05, 4.69) is 9.71 Å². The van der Waals surface area contributed by atoms with Crippen molar-refractivity contribution in [2.75, 3.05) is 7.05 Å². The highest BCUT2D eigenvalue weighted by Gasteiger charge is 2.09. The molecule has 0 radical (unpaired) electrons. The summed E-state index contributed by atoms with van der Waals surface area (Å²) in [5.41, 5.74) is 0.796. The molecule has 4 nitrogen and oxygen atoms in total. The van der Waals surface area contributed by atoms with Gasteiger partial charge in [-0.2, -0.15) is 0 Å². The number of pyridine rings is 1. The molecular weight excluding hydrogens is 176 g/mol. The topological polar surface area (TPSA) is 59.1 Å². The van der Waals surface area contributed by atoms with Gasteiger partial charge >= 0.3 is 0 Å². The first-order chi connectivity index (χ1) is 5.56. The number of sulfonamides is 1. The van der Waals surface area contributed by atoms with Gasteiger partial charge in [-0.3, -0.25) is 4.98 Å². The maximum atomic E-state index is 11.2. The Morgan fingerprint density at radius 3 is 2.50 bits per heavy atom. The summed E-state index contributed by atoms with van der Waals surface area (Å²) in [5.74, 6) is 0. The Morgan fingerprint density at radius 2 is 2.08 bits per heavy atom. The van der Waals surface area contributed by atoms with E-state index < -0.39 is 10.0 Å². The molecule has 1 heterocycles. The summed E-state index contributed by atoms with van der Waals surface area (Å²) in [5, 5.41) is 0. The minimum absolute atomic E-state index is 0.190. The minimum atomic E-state index is -3.33. The van der Waals surface area contributed by atoms with Crippen molar-refractivity contribution < 1.29 is 8.42 Å². The molecule has 0 bridgehead atoms. The number of aryl methyl sites for hydroxylation is 1. The van der Waals surface area contributed by atoms with Crippen LogP contribution in [0.4, 0.5) is 0 Å². The molecule has 0 amide bonds. The van der Waals surface area contributed by atoms with Crippen molar-refractivity contribution in [3.63, 3.8) is 0 Å². The van der Waals surface area contributed by atoms with E-state index in [-0.39, 0.29) is 4.90 Å². The number of rotatable bonds is 2. The Bertz CT molecular complexity index is 355. The van der Waals surface area contributed by atoms with Crippen LogP contribution >= 0.6 is 0 Å². The second kappa shape index (κ2) is 3.20. The van der Waals surface area contributed by atoms with E-state index in [0.717, 1.165) is 5.69 Å². The first-order valence-corrected chi connectivity index (χ1v) is 4.91. The van der Waals surface area contributed by atoms with Gasteiger partial charge in [0.05, 0.1) is 0 Å². The molecule has 0 aliphatic heterocycles. The van der Waals surface area contributed by atoms with Crippen molar-refractivity contribution in [3.05, 3.63) is 24.0 Å². The predicted octanol–water partition coefficient (Wildman–Crippen LogP) is 0.298. The highest BCUT2D eigenvalue weighted by Crippen LogP contribution is 2.05. The average Bonchev–Trinajstić information content (AvgIpc) is 2.05. The third-order valence-corrected chi connectivity index (χ3v) is 2.86. The smallest absolute Gasteiger partial charge is 0.241 e. The van der Waals surface area contributed by atoms with Gasteiger partial charge < -0.3 is 0 Å². The van der Waals surface area contributed by atoms with Crippen LogP contribution in [0.3, 0.4) is 0 Å². The van der Waals surface area contributed by atoms with Crippen molar-refractivity contribution in [2.45, 2.75) is 11.8 Å². The lowest BCUT2D eigenvalue weighted by Gasteiger charge is -2.00. The van der Waals surface area contributed by atoms with Crippen molar-refractivity contribution in [1.29, 1.82) is 0 Å². The molecule has 0 saturated heterocycles. The van der Waals surface area contributed by atoms with Crippen LogP contribution in [-0.4, -0.2) is 20.4 Å². The highest BCUT2D eigenvalue weighted by molar-refractivity contribution is 7.89. The van der Waals surface area contributed by atoms with Gasteiger partial charge in [0.25, 0.3) is 0 Å². The summed E-state index contributed by atoms with van der Waals surface area (Å²) in [6.07, 6.45) is 1.33. The first kappa shape index (κ1) is 9.15. The lowest BCUT2D eigenvalue weighted by atomic mass is 10.4. The van der Waals surface area contributed by atoms with E-state index in [1.807, 2.05) is 0 Å². The van der Waals surface area contributed by atoms with Gasteiger partial charge in [-0.25, -0.2) is 13.1 Å². The van der Waals surface area contributed by atoms with Gasteiger partial charge in [0.1, 0.15) is 4.90 Å². The molecule has 0 aromatic carbocycles. The normalized spacial score (nSPS) is 11.5. The van der Waals surface area contributed by atoms with E-state index in [1.165, 1.54) is 19.3 Å². The lowest BCUT2D eigenvalue weighted by molar-refractivity contribution is 0.588. The Labute approximate surface area is 71.7 Å². The van der Waals surface area contributed by atoms with Crippen molar-refractivity contribution in [2.24, 2.45) is 0 Å². The van der Waals surface area contributed by atoms with Crippen LogP contribution < -0.4 is 4.72 Å². The largest absolute Gasteiger partial charge is 0.260 e. The summed E-state index contributed by atoms with van der Waals surface area (Å²) in [6, 6.07) is 3.18. The fourth-order valence-corrected chi connectivity index (χ4v) is 1.41. The van der Waals surface area contributed by atoms with Crippen LogP contribution in [-0.2, 0) is 10.0 Å². The van der Waals surface area contributed by atoms with E-state index in [1.54, 1.807) is 13.0 Å². The summed E-state index contributed by atoms with van der Waals surface area (Å²) >= 11 is 0. The van der Waals surface area contributed by atoms with E-state index in [9.17, 15) is 8.42 Å². The summed E-state index contributed by atoms with van der Waals surface area (Å²) in [7, 11) is -1.96. The van der Waals surface area contributed by atoms with Crippen molar-refractivity contribution in [1.82, 2.24) is 9.71 Å². The molecule has 0 fully saturated rings. The molecule has 1 rings (SSSR count). The molecule has 0 aliphatic carbocycles. The van der Waals surface area contributed by atoms with Crippen molar-refractivity contribution in [3.8, 4) is 0 Å². The SMILES string of the molecule is CNS(=O)(=O)c1ccc(C)nc1. The number of hydrogen-bond acceptors (Lipinski definition) is 3. The zero-order chi connectivity index (χ0) is 9.19. The van der Waals surface area contributed by atoms with Crippen LogP contribution in [0, 0.1) is 6.92 Å². The minimum Gasteiger partial charge on any atom is -0.260 e. The fraction of sp³-hybridized carbons (Fsp3) is 0.286. The average molecular weight is 186 g/mol. The highest BCUT2D eigenvalue weighted by atomic mass is 32.2. The lowest BCUT2D eigenvalue weighted by Crippen LogP contribution is -2.18. The van der Waals surface area contributed by atoms with E-state index in [0.29, 0.717) is 0 Å². The molecule has 0 spiro atoms. The molecule has 0 aliphatic rings. The number of nitrogens with zero attached hydrogens (tertiary/aromatic N) is 1. The number of nitrogens with one attached hydrogen (secondary N) is 1. The molecule has 0 atom stereocenters. The van der Waals surface area contributed by atoms with Gasteiger partial charge in [-0.1, -0.05) is 0 Å². The van der Waals surface area contributed by atoms with E-state index in [4.69, 9.17) is 0 Å². The molecule has 1 aromatic heterocycles. The van der Waals surface area contributed by atoms with Crippen molar-refractivity contribution >= 4 is 10.0 Å². The quantitative estimate of drug-likeness (QED) is 0.722. The van der Waals surface area contributed by atoms with Gasteiger partial charge in [0.2, 0.25) is 10.0 Å². The zero-order valence-corrected chi connectivity index (χ0v) is 7.72. The maximum Gasteiger partial charge on any atom is 0.241 e. The Balaban J connectivity index is 3.14. The van der Waals surface area contributed by atoms with Crippen LogP contribution in [0.1, 0.15) is 5.69 Å².